The number of phenols is 1. The molecule has 6 nitrogen and oxygen atoms in total. The lowest BCUT2D eigenvalue weighted by Gasteiger charge is -2.01. The number of phenolic OH excluding ortho intramolecular Hbond substituents is 1. The van der Waals surface area contributed by atoms with Crippen LogP contribution < -0.4 is 10.7 Å². The fourth-order valence-electron chi connectivity index (χ4n) is 1.22. The second-order valence-corrected chi connectivity index (χ2v) is 3.66. The Morgan fingerprint density at radius 3 is 2.84 bits per heavy atom. The Labute approximate surface area is 110 Å². The van der Waals surface area contributed by atoms with Gasteiger partial charge in [0.1, 0.15) is 12.2 Å². The average molecular weight is 261 g/mol. The van der Waals surface area contributed by atoms with Crippen LogP contribution in [0.25, 0.3) is 0 Å². The molecule has 0 aliphatic carbocycles. The van der Waals surface area contributed by atoms with E-state index in [1.54, 1.807) is 12.1 Å². The Kier molecular flexibility index (Phi) is 5.81. The lowest BCUT2D eigenvalue weighted by molar-refractivity contribution is -0.129. The number of aromatic hydroxyl groups is 1. The van der Waals surface area contributed by atoms with Crippen LogP contribution in [0.3, 0.4) is 0 Å². The van der Waals surface area contributed by atoms with Crippen LogP contribution in [0.15, 0.2) is 42.0 Å². The molecule has 0 atom stereocenters. The van der Waals surface area contributed by atoms with Gasteiger partial charge in [-0.15, -0.1) is 6.58 Å². The van der Waals surface area contributed by atoms with E-state index in [1.165, 1.54) is 24.4 Å². The lowest BCUT2D eigenvalue weighted by atomic mass is 10.2. The molecule has 0 unspecified atom stereocenters. The zero-order valence-corrected chi connectivity index (χ0v) is 10.3. The minimum atomic E-state index is -0.516. The lowest BCUT2D eigenvalue weighted by Crippen LogP contribution is -2.29. The van der Waals surface area contributed by atoms with Crippen LogP contribution in [0.4, 0.5) is 0 Å². The molecule has 1 aromatic carbocycles. The summed E-state index contributed by atoms with van der Waals surface area (Å²) in [5.74, 6) is -0.804. The van der Waals surface area contributed by atoms with Gasteiger partial charge in [-0.25, -0.2) is 5.43 Å². The molecule has 100 valence electrons. The fraction of sp³-hybridized carbons (Fsp3) is 0.154. The Morgan fingerprint density at radius 1 is 1.37 bits per heavy atom. The molecule has 0 bridgehead atoms. The second-order valence-electron chi connectivity index (χ2n) is 3.66. The van der Waals surface area contributed by atoms with Crippen molar-refractivity contribution in [2.24, 2.45) is 5.10 Å². The summed E-state index contributed by atoms with van der Waals surface area (Å²) < 4.78 is 0. The maximum Gasteiger partial charge on any atom is 0.249 e. The zero-order valence-electron chi connectivity index (χ0n) is 10.3. The average Bonchev–Trinajstić information content (AvgIpc) is 2.36. The summed E-state index contributed by atoms with van der Waals surface area (Å²) in [4.78, 5) is 22.5. The van der Waals surface area contributed by atoms with Gasteiger partial charge in [-0.2, -0.15) is 5.10 Å². The van der Waals surface area contributed by atoms with Gasteiger partial charge in [0.2, 0.25) is 11.8 Å². The van der Waals surface area contributed by atoms with Crippen molar-refractivity contribution in [3.8, 4) is 5.75 Å². The third kappa shape index (κ3) is 6.02. The fourth-order valence-corrected chi connectivity index (χ4v) is 1.22. The first-order valence-corrected chi connectivity index (χ1v) is 5.60. The number of amides is 2. The molecule has 2 amide bonds. The molecule has 6 heteroatoms. The maximum absolute atomic E-state index is 11.3. The monoisotopic (exact) mass is 261 g/mol. The quantitative estimate of drug-likeness (QED) is 0.302. The van der Waals surface area contributed by atoms with Crippen molar-refractivity contribution in [3.05, 3.63) is 42.5 Å². The molecule has 0 saturated heterocycles. The summed E-state index contributed by atoms with van der Waals surface area (Å²) in [5.41, 5.74) is 2.86. The van der Waals surface area contributed by atoms with Gasteiger partial charge in [0, 0.05) is 6.54 Å². The number of nitrogens with zero attached hydrogens (tertiary/aromatic N) is 1. The molecule has 0 spiro atoms. The molecule has 0 fully saturated rings. The van der Waals surface area contributed by atoms with E-state index in [0.29, 0.717) is 12.1 Å². The molecule has 0 aliphatic heterocycles. The Bertz CT molecular complexity index is 498. The third-order valence-electron chi connectivity index (χ3n) is 2.04. The van der Waals surface area contributed by atoms with Crippen molar-refractivity contribution < 1.29 is 14.7 Å². The maximum atomic E-state index is 11.3. The first-order valence-electron chi connectivity index (χ1n) is 5.60. The topological polar surface area (TPSA) is 90.8 Å². The van der Waals surface area contributed by atoms with Gasteiger partial charge in [0.05, 0.1) is 6.21 Å². The molecule has 1 rings (SSSR count). The number of rotatable bonds is 6. The highest BCUT2D eigenvalue weighted by Crippen LogP contribution is 2.08. The molecule has 3 N–H and O–H groups in total. The van der Waals surface area contributed by atoms with Crippen LogP contribution in [-0.4, -0.2) is 29.7 Å². The number of hydrogen-bond donors (Lipinski definition) is 3. The smallest absolute Gasteiger partial charge is 0.249 e. The largest absolute Gasteiger partial charge is 0.508 e. The molecular weight excluding hydrogens is 246 g/mol. The second kappa shape index (κ2) is 7.65. The molecule has 19 heavy (non-hydrogen) atoms. The minimum Gasteiger partial charge on any atom is -0.508 e. The van der Waals surface area contributed by atoms with E-state index in [0.717, 1.165) is 0 Å². The molecule has 0 aliphatic rings. The van der Waals surface area contributed by atoms with Crippen LogP contribution in [0.1, 0.15) is 12.0 Å². The van der Waals surface area contributed by atoms with Crippen molar-refractivity contribution in [1.82, 2.24) is 10.7 Å². The van der Waals surface area contributed by atoms with Gasteiger partial charge in [-0.1, -0.05) is 18.2 Å². The van der Waals surface area contributed by atoms with Gasteiger partial charge in [0.25, 0.3) is 0 Å². The summed E-state index contributed by atoms with van der Waals surface area (Å²) in [6.45, 7) is 3.76. The van der Waals surface area contributed by atoms with Crippen molar-refractivity contribution in [2.75, 3.05) is 6.54 Å². The molecule has 0 radical (unpaired) electrons. The Morgan fingerprint density at radius 2 is 2.16 bits per heavy atom. The molecule has 1 aromatic rings. The highest BCUT2D eigenvalue weighted by atomic mass is 16.3. The number of hydrogen-bond acceptors (Lipinski definition) is 4. The number of carbonyl (C=O) groups is 2. The summed E-state index contributed by atoms with van der Waals surface area (Å²) in [7, 11) is 0. The molecule has 0 saturated carbocycles. The first kappa shape index (κ1) is 14.4. The number of hydrazone groups is 1. The van der Waals surface area contributed by atoms with Crippen molar-refractivity contribution in [1.29, 1.82) is 0 Å². The predicted octanol–water partition coefficient (Wildman–Crippen LogP) is 0.535. The molecule has 0 aromatic heterocycles. The predicted molar refractivity (Wildman–Crippen MR) is 71.7 cm³/mol. The molecule has 0 heterocycles. The Hall–Kier alpha value is -2.63. The molecular formula is C13H15N3O3. The van der Waals surface area contributed by atoms with Crippen LogP contribution >= 0.6 is 0 Å². The SMILES string of the molecule is C=CCNC(=O)CC(=O)N/N=C\c1cccc(O)c1. The van der Waals surface area contributed by atoms with E-state index < -0.39 is 11.8 Å². The van der Waals surface area contributed by atoms with Gasteiger partial charge in [0.15, 0.2) is 0 Å². The van der Waals surface area contributed by atoms with Crippen molar-refractivity contribution >= 4 is 18.0 Å². The summed E-state index contributed by atoms with van der Waals surface area (Å²) in [6, 6.07) is 6.39. The zero-order chi connectivity index (χ0) is 14.1. The van der Waals surface area contributed by atoms with E-state index in [2.05, 4.69) is 22.4 Å². The van der Waals surface area contributed by atoms with Gasteiger partial charge in [-0.05, 0) is 17.7 Å². The van der Waals surface area contributed by atoms with E-state index in [-0.39, 0.29) is 12.2 Å². The highest BCUT2D eigenvalue weighted by molar-refractivity contribution is 5.97. The first-order chi connectivity index (χ1) is 9.11. The van der Waals surface area contributed by atoms with E-state index in [1.807, 2.05) is 0 Å². The van der Waals surface area contributed by atoms with E-state index >= 15 is 0 Å². The third-order valence-corrected chi connectivity index (χ3v) is 2.04. The van der Waals surface area contributed by atoms with Gasteiger partial charge in [-0.3, -0.25) is 9.59 Å². The number of carbonyl (C=O) groups excluding carboxylic acids is 2. The number of benzene rings is 1. The normalized spacial score (nSPS) is 10.1. The minimum absolute atomic E-state index is 0.110. The number of nitrogens with one attached hydrogen (secondary N) is 2. The van der Waals surface area contributed by atoms with Gasteiger partial charge < -0.3 is 10.4 Å². The van der Waals surface area contributed by atoms with Crippen LogP contribution in [0.2, 0.25) is 0 Å². The van der Waals surface area contributed by atoms with Crippen molar-refractivity contribution in [3.63, 3.8) is 0 Å². The summed E-state index contributed by atoms with van der Waals surface area (Å²) >= 11 is 0. The van der Waals surface area contributed by atoms with Gasteiger partial charge >= 0.3 is 0 Å². The van der Waals surface area contributed by atoms with Crippen molar-refractivity contribution in [2.45, 2.75) is 6.42 Å². The van der Waals surface area contributed by atoms with E-state index in [9.17, 15) is 14.7 Å². The highest BCUT2D eigenvalue weighted by Gasteiger charge is 2.06. The van der Waals surface area contributed by atoms with Crippen LogP contribution in [0, 0.1) is 0 Å². The Balaban J connectivity index is 2.37. The summed E-state index contributed by atoms with van der Waals surface area (Å²) in [6.07, 6.45) is 2.60. The van der Waals surface area contributed by atoms with Crippen LogP contribution in [0.5, 0.6) is 5.75 Å². The summed E-state index contributed by atoms with van der Waals surface area (Å²) in [5, 5.41) is 15.4. The van der Waals surface area contributed by atoms with E-state index in [4.69, 9.17) is 0 Å². The standard InChI is InChI=1S/C13H15N3O3/c1-2-6-14-12(18)8-13(19)16-15-9-10-4-3-5-11(17)7-10/h2-5,7,9,17H,1,6,8H2,(H,14,18)(H,16,19)/b15-9-. The van der Waals surface area contributed by atoms with Crippen LogP contribution in [-0.2, 0) is 9.59 Å².